The van der Waals surface area contributed by atoms with Gasteiger partial charge in [0.2, 0.25) is 0 Å². The molecule has 0 aliphatic carbocycles. The molecule has 1 nitrogen and oxygen atoms in total. The number of hydrogen-bond acceptors (Lipinski definition) is 0. The quantitative estimate of drug-likeness (QED) is 0.649. The van der Waals surface area contributed by atoms with E-state index in [9.17, 15) is 0 Å². The van der Waals surface area contributed by atoms with Crippen LogP contribution in [0.4, 0.5) is 0 Å². The van der Waals surface area contributed by atoms with Crippen molar-refractivity contribution >= 4 is 0 Å². The zero-order valence-corrected chi connectivity index (χ0v) is 8.80. The summed E-state index contributed by atoms with van der Waals surface area (Å²) in [6.07, 6.45) is 4.52. The molecule has 0 amide bonds. The molecule has 0 atom stereocenters. The highest BCUT2D eigenvalue weighted by molar-refractivity contribution is 5.06. The monoisotopic (exact) mass is 167 g/mol. The summed E-state index contributed by atoms with van der Waals surface area (Å²) in [4.78, 5) is 0. The first-order valence-electron chi connectivity index (χ1n) is 5.02. The third-order valence-electron chi connectivity index (χ3n) is 1.75. The van der Waals surface area contributed by atoms with E-state index in [1.165, 1.54) is 12.1 Å². The largest absolute Gasteiger partial charge is 0.351 e. The van der Waals surface area contributed by atoms with E-state index in [4.69, 9.17) is 0 Å². The number of aryl methyl sites for hydroxylation is 2. The van der Waals surface area contributed by atoms with Crippen molar-refractivity contribution in [2.24, 2.45) is 0 Å². The molecule has 0 N–H and O–H groups in total. The summed E-state index contributed by atoms with van der Waals surface area (Å²) < 4.78 is 2.32. The predicted octanol–water partition coefficient (Wildman–Crippen LogP) is 3.49. The summed E-state index contributed by atoms with van der Waals surface area (Å²) in [6.45, 7) is 9.57. The number of rotatable bonds is 3. The molecular weight excluding hydrogens is 146 g/mol. The van der Waals surface area contributed by atoms with Gasteiger partial charge in [0.15, 0.2) is 0 Å². The summed E-state index contributed by atoms with van der Waals surface area (Å²) >= 11 is 0. The maximum Gasteiger partial charge on any atom is 0.0219 e. The molecule has 1 heterocycles. The zero-order chi connectivity index (χ0) is 9.40. The molecule has 0 spiro atoms. The van der Waals surface area contributed by atoms with Crippen LogP contribution in [-0.2, 0) is 13.0 Å². The van der Waals surface area contributed by atoms with Crippen LogP contribution in [-0.4, -0.2) is 4.57 Å². The van der Waals surface area contributed by atoms with Crippen LogP contribution in [0.2, 0.25) is 0 Å². The molecule has 0 aromatic carbocycles. The van der Waals surface area contributed by atoms with E-state index in [0.29, 0.717) is 0 Å². The molecule has 0 unspecified atom stereocenters. The molecule has 0 saturated heterocycles. The minimum absolute atomic E-state index is 1.15. The molecule has 0 saturated carbocycles. The Morgan fingerprint density at radius 3 is 2.42 bits per heavy atom. The molecule has 1 heteroatoms. The van der Waals surface area contributed by atoms with Crippen LogP contribution >= 0.6 is 0 Å². The van der Waals surface area contributed by atoms with E-state index >= 15 is 0 Å². The van der Waals surface area contributed by atoms with Crippen molar-refractivity contribution in [3.8, 4) is 0 Å². The second-order valence-corrected chi connectivity index (χ2v) is 2.55. The van der Waals surface area contributed by atoms with E-state index in [-0.39, 0.29) is 0 Å². The highest BCUT2D eigenvalue weighted by Crippen LogP contribution is 2.03. The van der Waals surface area contributed by atoms with Crippen molar-refractivity contribution < 1.29 is 0 Å². The van der Waals surface area contributed by atoms with Gasteiger partial charge < -0.3 is 4.57 Å². The Labute approximate surface area is 76.4 Å². The Hall–Kier alpha value is -0.720. The van der Waals surface area contributed by atoms with Crippen molar-refractivity contribution in [1.29, 1.82) is 0 Å². The van der Waals surface area contributed by atoms with Crippen LogP contribution in [0.25, 0.3) is 0 Å². The Kier molecular flexibility index (Phi) is 6.54. The second-order valence-electron chi connectivity index (χ2n) is 2.55. The van der Waals surface area contributed by atoms with Gasteiger partial charge >= 0.3 is 0 Å². The summed E-state index contributed by atoms with van der Waals surface area (Å²) in [5.41, 5.74) is 1.45. The van der Waals surface area contributed by atoms with Gasteiger partial charge in [-0.1, -0.05) is 27.7 Å². The Balaban J connectivity index is 0.000000561. The molecule has 12 heavy (non-hydrogen) atoms. The molecular formula is C11H21N. The van der Waals surface area contributed by atoms with Gasteiger partial charge in [0, 0.05) is 18.4 Å². The summed E-state index contributed by atoms with van der Waals surface area (Å²) in [6, 6.07) is 4.31. The third kappa shape index (κ3) is 3.12. The SMILES string of the molecule is CC.CCCn1cccc1CC. The first kappa shape index (κ1) is 11.3. The first-order chi connectivity index (χ1) is 5.88. The van der Waals surface area contributed by atoms with E-state index in [1.54, 1.807) is 0 Å². The fourth-order valence-electron chi connectivity index (χ4n) is 1.23. The highest BCUT2D eigenvalue weighted by atomic mass is 15.0. The lowest BCUT2D eigenvalue weighted by Crippen LogP contribution is -1.98. The zero-order valence-electron chi connectivity index (χ0n) is 8.80. The highest BCUT2D eigenvalue weighted by Gasteiger charge is 1.94. The predicted molar refractivity (Wildman–Crippen MR) is 55.4 cm³/mol. The van der Waals surface area contributed by atoms with Crippen LogP contribution in [0.15, 0.2) is 18.3 Å². The van der Waals surface area contributed by atoms with Crippen molar-refractivity contribution in [2.75, 3.05) is 0 Å². The van der Waals surface area contributed by atoms with Gasteiger partial charge in [0.1, 0.15) is 0 Å². The summed E-state index contributed by atoms with van der Waals surface area (Å²) in [5, 5.41) is 0. The smallest absolute Gasteiger partial charge is 0.0219 e. The van der Waals surface area contributed by atoms with Crippen LogP contribution in [0.3, 0.4) is 0 Å². The van der Waals surface area contributed by atoms with E-state index in [1.807, 2.05) is 13.8 Å². The van der Waals surface area contributed by atoms with E-state index in [2.05, 4.69) is 36.7 Å². The number of aromatic nitrogens is 1. The molecule has 0 aliphatic heterocycles. The number of nitrogens with zero attached hydrogens (tertiary/aromatic N) is 1. The maximum absolute atomic E-state index is 2.32. The second kappa shape index (κ2) is 6.96. The van der Waals surface area contributed by atoms with Gasteiger partial charge in [-0.3, -0.25) is 0 Å². The topological polar surface area (TPSA) is 4.93 Å². The van der Waals surface area contributed by atoms with Crippen molar-refractivity contribution in [3.05, 3.63) is 24.0 Å². The lowest BCUT2D eigenvalue weighted by molar-refractivity contribution is 0.653. The lowest BCUT2D eigenvalue weighted by Gasteiger charge is -2.03. The van der Waals surface area contributed by atoms with Crippen molar-refractivity contribution in [3.63, 3.8) is 0 Å². The summed E-state index contributed by atoms with van der Waals surface area (Å²) in [7, 11) is 0. The van der Waals surface area contributed by atoms with Gasteiger partial charge in [0.05, 0.1) is 0 Å². The van der Waals surface area contributed by atoms with Gasteiger partial charge in [0.25, 0.3) is 0 Å². The van der Waals surface area contributed by atoms with Crippen molar-refractivity contribution in [2.45, 2.75) is 47.1 Å². The Morgan fingerprint density at radius 1 is 1.25 bits per heavy atom. The molecule has 70 valence electrons. The molecule has 0 aliphatic rings. The molecule has 0 fully saturated rings. The Morgan fingerprint density at radius 2 is 1.92 bits per heavy atom. The van der Waals surface area contributed by atoms with Gasteiger partial charge in [-0.15, -0.1) is 0 Å². The minimum Gasteiger partial charge on any atom is -0.351 e. The lowest BCUT2D eigenvalue weighted by atomic mass is 10.3. The van der Waals surface area contributed by atoms with E-state index < -0.39 is 0 Å². The third-order valence-corrected chi connectivity index (χ3v) is 1.75. The van der Waals surface area contributed by atoms with Gasteiger partial charge in [-0.05, 0) is 25.0 Å². The van der Waals surface area contributed by atoms with Crippen molar-refractivity contribution in [1.82, 2.24) is 4.57 Å². The normalized spacial score (nSPS) is 9.00. The number of hydrogen-bond donors (Lipinski definition) is 0. The molecule has 0 bridgehead atoms. The average Bonchev–Trinajstić information content (AvgIpc) is 2.56. The van der Waals surface area contributed by atoms with Gasteiger partial charge in [-0.2, -0.15) is 0 Å². The van der Waals surface area contributed by atoms with Gasteiger partial charge in [-0.25, -0.2) is 0 Å². The Bertz CT molecular complexity index is 189. The van der Waals surface area contributed by atoms with Crippen LogP contribution in [0.1, 0.15) is 39.8 Å². The first-order valence-corrected chi connectivity index (χ1v) is 5.02. The maximum atomic E-state index is 2.32. The molecule has 1 aromatic heterocycles. The molecule has 0 radical (unpaired) electrons. The molecule has 1 rings (SSSR count). The van der Waals surface area contributed by atoms with Crippen LogP contribution in [0, 0.1) is 0 Å². The fraction of sp³-hybridized carbons (Fsp3) is 0.636. The average molecular weight is 167 g/mol. The van der Waals surface area contributed by atoms with Crippen LogP contribution < -0.4 is 0 Å². The minimum atomic E-state index is 1.15. The van der Waals surface area contributed by atoms with E-state index in [0.717, 1.165) is 13.0 Å². The fourth-order valence-corrected chi connectivity index (χ4v) is 1.23. The summed E-state index contributed by atoms with van der Waals surface area (Å²) in [5.74, 6) is 0. The molecule has 1 aromatic rings. The van der Waals surface area contributed by atoms with Crippen LogP contribution in [0.5, 0.6) is 0 Å². The standard InChI is InChI=1S/C9H15N.C2H6/c1-3-7-10-8-5-6-9(10)4-2;1-2/h5-6,8H,3-4,7H2,1-2H3;1-2H3.